The van der Waals surface area contributed by atoms with Crippen LogP contribution >= 0.6 is 24.0 Å². The second-order valence-electron chi connectivity index (χ2n) is 4.73. The van der Waals surface area contributed by atoms with Crippen molar-refractivity contribution in [3.05, 3.63) is 28.8 Å². The van der Waals surface area contributed by atoms with E-state index in [0.29, 0.717) is 30.5 Å². The lowest BCUT2D eigenvalue weighted by molar-refractivity contribution is -0.127. The van der Waals surface area contributed by atoms with Crippen molar-refractivity contribution in [3.63, 3.8) is 0 Å². The van der Waals surface area contributed by atoms with Gasteiger partial charge in [-0.3, -0.25) is 4.79 Å². The maximum absolute atomic E-state index is 11.9. The number of benzene rings is 1. The largest absolute Gasteiger partial charge is 0.479 e. The van der Waals surface area contributed by atoms with Gasteiger partial charge in [0.25, 0.3) is 5.91 Å². The summed E-state index contributed by atoms with van der Waals surface area (Å²) < 4.78 is 10.5. The van der Waals surface area contributed by atoms with Crippen molar-refractivity contribution in [2.24, 2.45) is 0 Å². The molecule has 0 spiro atoms. The molecule has 0 bridgehead atoms. The third-order valence-corrected chi connectivity index (χ3v) is 3.16. The molecule has 0 saturated carbocycles. The van der Waals surface area contributed by atoms with Crippen LogP contribution in [0.15, 0.2) is 18.2 Å². The van der Waals surface area contributed by atoms with Crippen molar-refractivity contribution in [2.45, 2.75) is 20.0 Å². The van der Waals surface area contributed by atoms with Gasteiger partial charge in [0.15, 0.2) is 6.10 Å². The minimum Gasteiger partial charge on any atom is -0.479 e. The number of hydrogen-bond acceptors (Lipinski definition) is 4. The van der Waals surface area contributed by atoms with Gasteiger partial charge < -0.3 is 20.1 Å². The summed E-state index contributed by atoms with van der Waals surface area (Å²) in [5.74, 6) is 0.360. The monoisotopic (exact) mass is 350 g/mol. The predicted octanol–water partition coefficient (Wildman–Crippen LogP) is 2.19. The topological polar surface area (TPSA) is 59.6 Å². The zero-order valence-electron chi connectivity index (χ0n) is 13.1. The highest BCUT2D eigenvalue weighted by Crippen LogP contribution is 2.26. The highest BCUT2D eigenvalue weighted by Gasteiger charge is 2.15. The SMILES string of the molecule is COCCNCCNC(=O)C(C)Oc1cc(C)ccc1Cl.Cl. The highest BCUT2D eigenvalue weighted by atomic mass is 35.5. The van der Waals surface area contributed by atoms with Gasteiger partial charge in [-0.05, 0) is 31.5 Å². The lowest BCUT2D eigenvalue weighted by Crippen LogP contribution is -2.40. The zero-order chi connectivity index (χ0) is 15.7. The minimum absolute atomic E-state index is 0. The maximum Gasteiger partial charge on any atom is 0.260 e. The number of carbonyl (C=O) groups is 1. The molecule has 0 saturated heterocycles. The van der Waals surface area contributed by atoms with Gasteiger partial charge >= 0.3 is 0 Å². The minimum atomic E-state index is -0.594. The fraction of sp³-hybridized carbons (Fsp3) is 0.533. The molecule has 22 heavy (non-hydrogen) atoms. The van der Waals surface area contributed by atoms with E-state index in [4.69, 9.17) is 21.1 Å². The lowest BCUT2D eigenvalue weighted by atomic mass is 10.2. The van der Waals surface area contributed by atoms with Crippen LogP contribution in [0.5, 0.6) is 5.75 Å². The maximum atomic E-state index is 11.9. The molecule has 1 atom stereocenters. The van der Waals surface area contributed by atoms with Crippen LogP contribution in [0.2, 0.25) is 5.02 Å². The summed E-state index contributed by atoms with van der Waals surface area (Å²) in [5.41, 5.74) is 1.03. The molecule has 1 aromatic carbocycles. The van der Waals surface area contributed by atoms with Crippen molar-refractivity contribution in [1.29, 1.82) is 0 Å². The van der Waals surface area contributed by atoms with Gasteiger partial charge in [0.2, 0.25) is 0 Å². The molecular formula is C15H24Cl2N2O3. The standard InChI is InChI=1S/C15H23ClN2O3.ClH/c1-11-4-5-13(16)14(10-11)21-12(2)15(19)18-7-6-17-8-9-20-3;/h4-5,10,12,17H,6-9H2,1-3H3,(H,18,19);1H. The molecule has 0 aromatic heterocycles. The zero-order valence-corrected chi connectivity index (χ0v) is 14.7. The van der Waals surface area contributed by atoms with Gasteiger partial charge in [-0.15, -0.1) is 12.4 Å². The second kappa shape index (κ2) is 11.5. The molecule has 5 nitrogen and oxygen atoms in total. The number of carbonyl (C=O) groups excluding carboxylic acids is 1. The Balaban J connectivity index is 0.00000441. The van der Waals surface area contributed by atoms with Crippen molar-refractivity contribution < 1.29 is 14.3 Å². The smallest absolute Gasteiger partial charge is 0.260 e. The van der Waals surface area contributed by atoms with E-state index >= 15 is 0 Å². The average molecular weight is 351 g/mol. The third kappa shape index (κ3) is 7.84. The molecule has 0 radical (unpaired) electrons. The van der Waals surface area contributed by atoms with Crippen molar-refractivity contribution in [3.8, 4) is 5.75 Å². The molecule has 0 aliphatic carbocycles. The van der Waals surface area contributed by atoms with Crippen LogP contribution in [0.25, 0.3) is 0 Å². The summed E-state index contributed by atoms with van der Waals surface area (Å²) >= 11 is 6.04. The van der Waals surface area contributed by atoms with Crippen molar-refractivity contribution in [1.82, 2.24) is 10.6 Å². The Kier molecular flexibility index (Phi) is 11.0. The van der Waals surface area contributed by atoms with Gasteiger partial charge in [0.1, 0.15) is 5.75 Å². The molecule has 1 amide bonds. The molecule has 0 aliphatic heterocycles. The van der Waals surface area contributed by atoms with Gasteiger partial charge in [-0.1, -0.05) is 17.7 Å². The van der Waals surface area contributed by atoms with Gasteiger partial charge in [0, 0.05) is 26.7 Å². The van der Waals surface area contributed by atoms with E-state index in [1.54, 1.807) is 20.1 Å². The lowest BCUT2D eigenvalue weighted by Gasteiger charge is -2.16. The number of methoxy groups -OCH3 is 1. The Bertz CT molecular complexity index is 458. The van der Waals surface area contributed by atoms with Crippen LogP contribution in [0.4, 0.5) is 0 Å². The highest BCUT2D eigenvalue weighted by molar-refractivity contribution is 6.32. The summed E-state index contributed by atoms with van der Waals surface area (Å²) in [5, 5.41) is 6.45. The Hall–Kier alpha value is -1.01. The first-order valence-electron chi connectivity index (χ1n) is 6.94. The van der Waals surface area contributed by atoms with E-state index in [1.807, 2.05) is 19.1 Å². The van der Waals surface area contributed by atoms with Crippen LogP contribution in [-0.4, -0.2) is 45.4 Å². The van der Waals surface area contributed by atoms with Crippen LogP contribution in [-0.2, 0) is 9.53 Å². The molecule has 126 valence electrons. The summed E-state index contributed by atoms with van der Waals surface area (Å²) in [4.78, 5) is 11.9. The Morgan fingerprint density at radius 3 is 2.73 bits per heavy atom. The van der Waals surface area contributed by atoms with Gasteiger partial charge in [-0.25, -0.2) is 0 Å². The first-order valence-corrected chi connectivity index (χ1v) is 7.32. The molecule has 0 fully saturated rings. The molecule has 1 unspecified atom stereocenters. The number of ether oxygens (including phenoxy) is 2. The van der Waals surface area contributed by atoms with Gasteiger partial charge in [-0.2, -0.15) is 0 Å². The Morgan fingerprint density at radius 1 is 1.32 bits per heavy atom. The Labute approximate surface area is 143 Å². The van der Waals surface area contributed by atoms with Crippen LogP contribution < -0.4 is 15.4 Å². The number of rotatable bonds is 9. The summed E-state index contributed by atoms with van der Waals surface area (Å²) in [6.07, 6.45) is -0.594. The van der Waals surface area contributed by atoms with E-state index in [9.17, 15) is 4.79 Å². The number of halogens is 2. The van der Waals surface area contributed by atoms with Crippen molar-refractivity contribution in [2.75, 3.05) is 33.4 Å². The number of hydrogen-bond donors (Lipinski definition) is 2. The fourth-order valence-corrected chi connectivity index (χ4v) is 1.82. The normalized spacial score (nSPS) is 11.5. The molecule has 0 aliphatic rings. The molecule has 1 rings (SSSR count). The summed E-state index contributed by atoms with van der Waals surface area (Å²) in [6, 6.07) is 5.47. The van der Waals surface area contributed by atoms with E-state index in [0.717, 1.165) is 12.1 Å². The quantitative estimate of drug-likeness (QED) is 0.670. The Morgan fingerprint density at radius 2 is 2.05 bits per heavy atom. The molecule has 7 heteroatoms. The van der Waals surface area contributed by atoms with E-state index in [1.165, 1.54) is 0 Å². The number of nitrogens with one attached hydrogen (secondary N) is 2. The molecule has 1 aromatic rings. The summed E-state index contributed by atoms with van der Waals surface area (Å²) in [7, 11) is 1.65. The number of aryl methyl sites for hydroxylation is 1. The number of amides is 1. The summed E-state index contributed by atoms with van der Waals surface area (Å²) in [6.45, 7) is 6.29. The van der Waals surface area contributed by atoms with Crippen LogP contribution in [0, 0.1) is 6.92 Å². The van der Waals surface area contributed by atoms with Gasteiger partial charge in [0.05, 0.1) is 11.6 Å². The van der Waals surface area contributed by atoms with Crippen LogP contribution in [0.1, 0.15) is 12.5 Å². The second-order valence-corrected chi connectivity index (χ2v) is 5.13. The third-order valence-electron chi connectivity index (χ3n) is 2.84. The predicted molar refractivity (Wildman–Crippen MR) is 91.3 cm³/mol. The van der Waals surface area contributed by atoms with E-state index < -0.39 is 6.10 Å². The molecule has 0 heterocycles. The van der Waals surface area contributed by atoms with Crippen LogP contribution in [0.3, 0.4) is 0 Å². The molecular weight excluding hydrogens is 327 g/mol. The first-order chi connectivity index (χ1) is 10.0. The first kappa shape index (κ1) is 21.0. The van der Waals surface area contributed by atoms with Crippen molar-refractivity contribution >= 4 is 29.9 Å². The van der Waals surface area contributed by atoms with E-state index in [2.05, 4.69) is 10.6 Å². The fourth-order valence-electron chi connectivity index (χ4n) is 1.66. The van der Waals surface area contributed by atoms with E-state index in [-0.39, 0.29) is 18.3 Å². The molecule has 2 N–H and O–H groups in total. The average Bonchev–Trinajstić information content (AvgIpc) is 2.46.